The van der Waals surface area contributed by atoms with Crippen LogP contribution in [0, 0.1) is 3.57 Å². The van der Waals surface area contributed by atoms with Crippen molar-refractivity contribution in [2.45, 2.75) is 32.7 Å². The van der Waals surface area contributed by atoms with Crippen LogP contribution in [-0.4, -0.2) is 4.57 Å². The maximum Gasteiger partial charge on any atom is 0.258 e. The van der Waals surface area contributed by atoms with Crippen LogP contribution in [0.3, 0.4) is 0 Å². The van der Waals surface area contributed by atoms with Gasteiger partial charge in [-0.3, -0.25) is 4.79 Å². The number of fused-ring (bicyclic) bond motifs is 1. The number of pyridine rings is 1. The van der Waals surface area contributed by atoms with Gasteiger partial charge in [0, 0.05) is 26.6 Å². The van der Waals surface area contributed by atoms with Gasteiger partial charge in [0.2, 0.25) is 0 Å². The van der Waals surface area contributed by atoms with Gasteiger partial charge in [-0.15, -0.1) is 0 Å². The summed E-state index contributed by atoms with van der Waals surface area (Å²) in [6, 6.07) is 8.26. The van der Waals surface area contributed by atoms with Crippen LogP contribution in [0.4, 0.5) is 0 Å². The summed E-state index contributed by atoms with van der Waals surface area (Å²) in [6.45, 7) is 4.25. The van der Waals surface area contributed by atoms with Crippen molar-refractivity contribution in [3.8, 4) is 0 Å². The predicted octanol–water partition coefficient (Wildman–Crippen LogP) is 3.97. The zero-order valence-corrected chi connectivity index (χ0v) is 12.3. The van der Waals surface area contributed by atoms with Crippen LogP contribution in [0.25, 0.3) is 10.8 Å². The van der Waals surface area contributed by atoms with Gasteiger partial charge in [0.1, 0.15) is 0 Å². The van der Waals surface area contributed by atoms with Crippen LogP contribution >= 0.6 is 22.6 Å². The minimum atomic E-state index is 0.134. The minimum Gasteiger partial charge on any atom is -0.312 e. The molecule has 0 saturated carbocycles. The van der Waals surface area contributed by atoms with E-state index in [-0.39, 0.29) is 5.56 Å². The molecular weight excluding hydrogens is 325 g/mol. The van der Waals surface area contributed by atoms with Crippen molar-refractivity contribution >= 4 is 33.4 Å². The highest BCUT2D eigenvalue weighted by Gasteiger charge is 2.10. The number of hydrogen-bond acceptors (Lipinski definition) is 1. The van der Waals surface area contributed by atoms with E-state index in [2.05, 4.69) is 42.5 Å². The fraction of sp³-hybridized carbons (Fsp3) is 0.357. The average molecular weight is 341 g/mol. The quantitative estimate of drug-likeness (QED) is 0.775. The number of rotatable bonds is 3. The van der Waals surface area contributed by atoms with Crippen molar-refractivity contribution in [2.24, 2.45) is 0 Å². The number of nitrogens with zero attached hydrogens (tertiary/aromatic N) is 1. The summed E-state index contributed by atoms with van der Waals surface area (Å²) in [7, 11) is 0. The summed E-state index contributed by atoms with van der Waals surface area (Å²) in [5.74, 6) is 0. The maximum absolute atomic E-state index is 12.4. The summed E-state index contributed by atoms with van der Waals surface area (Å²) in [5.41, 5.74) is 0.134. The third-order valence-electron chi connectivity index (χ3n) is 3.26. The van der Waals surface area contributed by atoms with Crippen molar-refractivity contribution in [3.63, 3.8) is 0 Å². The largest absolute Gasteiger partial charge is 0.312 e. The molecule has 1 aromatic heterocycles. The second-order valence-electron chi connectivity index (χ2n) is 4.20. The molecule has 0 aliphatic carbocycles. The second-order valence-corrected chi connectivity index (χ2v) is 5.36. The molecule has 2 aromatic rings. The maximum atomic E-state index is 12.4. The Hall–Kier alpha value is -0.840. The molecular formula is C14H16INO. The van der Waals surface area contributed by atoms with E-state index >= 15 is 0 Å². The summed E-state index contributed by atoms with van der Waals surface area (Å²) >= 11 is 2.27. The lowest BCUT2D eigenvalue weighted by atomic mass is 10.1. The van der Waals surface area contributed by atoms with E-state index in [1.54, 1.807) is 0 Å². The summed E-state index contributed by atoms with van der Waals surface area (Å²) in [5, 5.41) is 1.88. The SMILES string of the molecule is CCC(CC)n1ccc2c(I)cccc2c1=O. The lowest BCUT2D eigenvalue weighted by molar-refractivity contribution is 0.461. The van der Waals surface area contributed by atoms with Crippen LogP contribution in [0.2, 0.25) is 0 Å². The molecule has 0 bridgehead atoms. The van der Waals surface area contributed by atoms with Crippen LogP contribution in [0.1, 0.15) is 32.7 Å². The van der Waals surface area contributed by atoms with E-state index < -0.39 is 0 Å². The molecule has 0 aliphatic heterocycles. The highest BCUT2D eigenvalue weighted by Crippen LogP contribution is 2.20. The summed E-state index contributed by atoms with van der Waals surface area (Å²) in [6.07, 6.45) is 3.92. The van der Waals surface area contributed by atoms with E-state index in [1.165, 1.54) is 0 Å². The molecule has 17 heavy (non-hydrogen) atoms. The van der Waals surface area contributed by atoms with Crippen LogP contribution in [-0.2, 0) is 0 Å². The van der Waals surface area contributed by atoms with Crippen LogP contribution < -0.4 is 5.56 Å². The van der Waals surface area contributed by atoms with Gasteiger partial charge in [0.15, 0.2) is 0 Å². The van der Waals surface area contributed by atoms with Crippen molar-refractivity contribution in [3.05, 3.63) is 44.4 Å². The van der Waals surface area contributed by atoms with Gasteiger partial charge in [0.05, 0.1) is 0 Å². The molecule has 1 heterocycles. The highest BCUT2D eigenvalue weighted by atomic mass is 127. The molecule has 0 saturated heterocycles. The Bertz CT molecular complexity index is 584. The molecule has 0 N–H and O–H groups in total. The molecule has 0 amide bonds. The minimum absolute atomic E-state index is 0.134. The molecule has 3 heteroatoms. The van der Waals surface area contributed by atoms with Crippen molar-refractivity contribution in [1.82, 2.24) is 4.57 Å². The first-order chi connectivity index (χ1) is 8.19. The Labute approximate surface area is 115 Å². The molecule has 0 unspecified atom stereocenters. The van der Waals surface area contributed by atoms with Crippen molar-refractivity contribution in [2.75, 3.05) is 0 Å². The topological polar surface area (TPSA) is 22.0 Å². The van der Waals surface area contributed by atoms with Gasteiger partial charge in [-0.2, -0.15) is 0 Å². The summed E-state index contributed by atoms with van der Waals surface area (Å²) in [4.78, 5) is 12.4. The molecule has 0 atom stereocenters. The van der Waals surface area contributed by atoms with Gasteiger partial charge in [-0.25, -0.2) is 0 Å². The smallest absolute Gasteiger partial charge is 0.258 e. The van der Waals surface area contributed by atoms with E-state index in [1.807, 2.05) is 29.0 Å². The Balaban J connectivity index is 2.70. The van der Waals surface area contributed by atoms with E-state index in [4.69, 9.17) is 0 Å². The third kappa shape index (κ3) is 2.25. The average Bonchev–Trinajstić information content (AvgIpc) is 2.34. The standard InChI is InChI=1S/C14H16INO/c1-3-10(4-2)16-9-8-11-12(14(16)17)6-5-7-13(11)15/h5-10H,3-4H2,1-2H3. The van der Waals surface area contributed by atoms with Crippen LogP contribution in [0.15, 0.2) is 35.3 Å². The van der Waals surface area contributed by atoms with E-state index in [0.29, 0.717) is 6.04 Å². The van der Waals surface area contributed by atoms with Gasteiger partial charge in [-0.1, -0.05) is 19.9 Å². The fourth-order valence-electron chi connectivity index (χ4n) is 2.22. The number of benzene rings is 1. The summed E-state index contributed by atoms with van der Waals surface area (Å²) < 4.78 is 3.01. The van der Waals surface area contributed by atoms with Gasteiger partial charge in [-0.05, 0) is 53.6 Å². The molecule has 90 valence electrons. The first kappa shape index (κ1) is 12.6. The normalized spacial score (nSPS) is 11.3. The van der Waals surface area contributed by atoms with E-state index in [0.717, 1.165) is 27.2 Å². The molecule has 0 aliphatic rings. The highest BCUT2D eigenvalue weighted by molar-refractivity contribution is 14.1. The van der Waals surface area contributed by atoms with Gasteiger partial charge < -0.3 is 4.57 Å². The monoisotopic (exact) mass is 341 g/mol. The van der Waals surface area contributed by atoms with Crippen molar-refractivity contribution < 1.29 is 0 Å². The molecule has 0 radical (unpaired) electrons. The lowest BCUT2D eigenvalue weighted by Gasteiger charge is -2.16. The predicted molar refractivity (Wildman–Crippen MR) is 80.5 cm³/mol. The van der Waals surface area contributed by atoms with Gasteiger partial charge >= 0.3 is 0 Å². The van der Waals surface area contributed by atoms with E-state index in [9.17, 15) is 4.79 Å². The molecule has 1 aromatic carbocycles. The zero-order chi connectivity index (χ0) is 12.4. The fourth-order valence-corrected chi connectivity index (χ4v) is 2.90. The Morgan fingerprint density at radius 1 is 1.18 bits per heavy atom. The molecule has 0 fully saturated rings. The lowest BCUT2D eigenvalue weighted by Crippen LogP contribution is -2.23. The molecule has 0 spiro atoms. The second kappa shape index (κ2) is 5.21. The number of hydrogen-bond donors (Lipinski definition) is 0. The van der Waals surface area contributed by atoms with Gasteiger partial charge in [0.25, 0.3) is 5.56 Å². The third-order valence-corrected chi connectivity index (χ3v) is 4.20. The Kier molecular flexibility index (Phi) is 3.86. The number of halogens is 1. The van der Waals surface area contributed by atoms with Crippen molar-refractivity contribution in [1.29, 1.82) is 0 Å². The number of aromatic nitrogens is 1. The Morgan fingerprint density at radius 2 is 1.88 bits per heavy atom. The first-order valence-corrected chi connectivity index (χ1v) is 7.06. The van der Waals surface area contributed by atoms with Crippen LogP contribution in [0.5, 0.6) is 0 Å². The molecule has 2 rings (SSSR count). The first-order valence-electron chi connectivity index (χ1n) is 5.98. The molecule has 2 nitrogen and oxygen atoms in total. The Morgan fingerprint density at radius 3 is 2.53 bits per heavy atom. The zero-order valence-electron chi connectivity index (χ0n) is 10.1.